The van der Waals surface area contributed by atoms with Crippen molar-refractivity contribution in [1.29, 1.82) is 0 Å². The maximum absolute atomic E-state index is 11.9. The minimum atomic E-state index is -0.147. The number of carbonyl (C=O) groups excluding carboxylic acids is 1. The van der Waals surface area contributed by atoms with Gasteiger partial charge in [-0.1, -0.05) is 61.8 Å². The second-order valence-electron chi connectivity index (χ2n) is 6.42. The van der Waals surface area contributed by atoms with Crippen molar-refractivity contribution in [3.8, 4) is 0 Å². The van der Waals surface area contributed by atoms with Gasteiger partial charge in [-0.05, 0) is 54.8 Å². The van der Waals surface area contributed by atoms with Crippen molar-refractivity contribution in [2.45, 2.75) is 46.3 Å². The Bertz CT molecular complexity index is 664. The third kappa shape index (κ3) is 7.19. The fourth-order valence-electron chi connectivity index (χ4n) is 2.77. The monoisotopic (exact) mass is 373 g/mol. The van der Waals surface area contributed by atoms with Gasteiger partial charge < -0.3 is 4.74 Å². The molecule has 0 saturated carbocycles. The summed E-state index contributed by atoms with van der Waals surface area (Å²) in [5, 5.41) is 0.733. The molecular formula is C22H28ClNO2. The average molecular weight is 374 g/mol. The lowest BCUT2D eigenvalue weighted by Gasteiger charge is -2.18. The van der Waals surface area contributed by atoms with Crippen LogP contribution in [0.25, 0.3) is 0 Å². The van der Waals surface area contributed by atoms with Crippen LogP contribution in [0.3, 0.4) is 0 Å². The molecule has 0 bridgehead atoms. The molecule has 0 N–H and O–H groups in total. The van der Waals surface area contributed by atoms with Crippen molar-refractivity contribution >= 4 is 17.6 Å². The smallest absolute Gasteiger partial charge is 0.306 e. The van der Waals surface area contributed by atoms with Crippen molar-refractivity contribution in [2.75, 3.05) is 13.1 Å². The van der Waals surface area contributed by atoms with Crippen molar-refractivity contribution in [3.05, 3.63) is 70.2 Å². The number of aryl methyl sites for hydroxylation is 1. The summed E-state index contributed by atoms with van der Waals surface area (Å²) in [5.74, 6) is -0.147. The van der Waals surface area contributed by atoms with Gasteiger partial charge >= 0.3 is 5.97 Å². The summed E-state index contributed by atoms with van der Waals surface area (Å²) in [7, 11) is 0. The molecule has 140 valence electrons. The first kappa shape index (κ1) is 20.5. The molecule has 2 rings (SSSR count). The van der Waals surface area contributed by atoms with Gasteiger partial charge in [0, 0.05) is 18.0 Å². The number of hydrogen-bond acceptors (Lipinski definition) is 3. The molecule has 0 fully saturated rings. The predicted molar refractivity (Wildman–Crippen MR) is 107 cm³/mol. The van der Waals surface area contributed by atoms with Crippen LogP contribution < -0.4 is 0 Å². The SMILES string of the molecule is CCN(CC)Cc1ccc(COC(=O)CCCc2ccc(Cl)cc2)cc1. The molecule has 2 aromatic rings. The molecule has 0 unspecified atom stereocenters. The lowest BCUT2D eigenvalue weighted by atomic mass is 10.1. The van der Waals surface area contributed by atoms with Gasteiger partial charge in [0.25, 0.3) is 0 Å². The minimum Gasteiger partial charge on any atom is -0.461 e. The van der Waals surface area contributed by atoms with Gasteiger partial charge in [-0.25, -0.2) is 0 Å². The average Bonchev–Trinajstić information content (AvgIpc) is 2.67. The largest absolute Gasteiger partial charge is 0.461 e. The van der Waals surface area contributed by atoms with Gasteiger partial charge in [-0.15, -0.1) is 0 Å². The Hall–Kier alpha value is -1.84. The van der Waals surface area contributed by atoms with Crippen LogP contribution in [0, 0.1) is 0 Å². The molecule has 26 heavy (non-hydrogen) atoms. The third-order valence-corrected chi connectivity index (χ3v) is 4.73. The fraction of sp³-hybridized carbons (Fsp3) is 0.409. The lowest BCUT2D eigenvalue weighted by molar-refractivity contribution is -0.145. The van der Waals surface area contributed by atoms with Crippen LogP contribution in [0.1, 0.15) is 43.4 Å². The van der Waals surface area contributed by atoms with E-state index in [0.29, 0.717) is 13.0 Å². The number of halogens is 1. The standard InChI is InChI=1S/C22H28ClNO2/c1-3-24(4-2)16-19-8-10-20(11-9-19)17-26-22(25)7-5-6-18-12-14-21(23)15-13-18/h8-15H,3-7,16-17H2,1-2H3. The zero-order valence-corrected chi connectivity index (χ0v) is 16.5. The molecule has 0 amide bonds. The van der Waals surface area contributed by atoms with Crippen molar-refractivity contribution in [3.63, 3.8) is 0 Å². The van der Waals surface area contributed by atoms with E-state index in [1.165, 1.54) is 11.1 Å². The normalized spacial score (nSPS) is 10.9. The number of carbonyl (C=O) groups is 1. The van der Waals surface area contributed by atoms with E-state index >= 15 is 0 Å². The van der Waals surface area contributed by atoms with Crippen molar-refractivity contribution in [2.24, 2.45) is 0 Å². The van der Waals surface area contributed by atoms with Gasteiger partial charge in [0.2, 0.25) is 0 Å². The van der Waals surface area contributed by atoms with Gasteiger partial charge in [-0.2, -0.15) is 0 Å². The number of hydrogen-bond donors (Lipinski definition) is 0. The van der Waals surface area contributed by atoms with Crippen LogP contribution in [0.5, 0.6) is 0 Å². The zero-order chi connectivity index (χ0) is 18.8. The summed E-state index contributed by atoms with van der Waals surface area (Å²) < 4.78 is 5.38. The molecule has 0 radical (unpaired) electrons. The summed E-state index contributed by atoms with van der Waals surface area (Å²) in [5.41, 5.74) is 3.50. The number of benzene rings is 2. The molecule has 0 aliphatic heterocycles. The summed E-state index contributed by atoms with van der Waals surface area (Å²) in [4.78, 5) is 14.3. The highest BCUT2D eigenvalue weighted by Crippen LogP contribution is 2.13. The Morgan fingerprint density at radius 1 is 0.923 bits per heavy atom. The van der Waals surface area contributed by atoms with E-state index in [-0.39, 0.29) is 5.97 Å². The fourth-order valence-corrected chi connectivity index (χ4v) is 2.90. The van der Waals surface area contributed by atoms with Crippen LogP contribution in [0.4, 0.5) is 0 Å². The first-order chi connectivity index (χ1) is 12.6. The zero-order valence-electron chi connectivity index (χ0n) is 15.7. The Balaban J connectivity index is 1.69. The lowest BCUT2D eigenvalue weighted by Crippen LogP contribution is -2.22. The van der Waals surface area contributed by atoms with Crippen LogP contribution in [-0.4, -0.2) is 24.0 Å². The van der Waals surface area contributed by atoms with E-state index in [2.05, 4.69) is 30.9 Å². The van der Waals surface area contributed by atoms with E-state index in [4.69, 9.17) is 16.3 Å². The summed E-state index contributed by atoms with van der Waals surface area (Å²) in [6, 6.07) is 16.0. The van der Waals surface area contributed by atoms with Gasteiger partial charge in [0.15, 0.2) is 0 Å². The van der Waals surface area contributed by atoms with Gasteiger partial charge in [-0.3, -0.25) is 9.69 Å². The van der Waals surface area contributed by atoms with E-state index in [0.717, 1.165) is 43.1 Å². The first-order valence-electron chi connectivity index (χ1n) is 9.31. The van der Waals surface area contributed by atoms with E-state index in [9.17, 15) is 4.79 Å². The Morgan fingerprint density at radius 2 is 1.50 bits per heavy atom. The number of ether oxygens (including phenoxy) is 1. The quantitative estimate of drug-likeness (QED) is 0.533. The molecule has 4 heteroatoms. The van der Waals surface area contributed by atoms with E-state index in [1.807, 2.05) is 36.4 Å². The highest BCUT2D eigenvalue weighted by atomic mass is 35.5. The summed E-state index contributed by atoms with van der Waals surface area (Å²) in [6.07, 6.45) is 2.07. The molecular weight excluding hydrogens is 346 g/mol. The van der Waals surface area contributed by atoms with Crippen LogP contribution in [-0.2, 0) is 29.1 Å². The van der Waals surface area contributed by atoms with Crippen LogP contribution >= 0.6 is 11.6 Å². The van der Waals surface area contributed by atoms with Crippen molar-refractivity contribution < 1.29 is 9.53 Å². The van der Waals surface area contributed by atoms with Crippen molar-refractivity contribution in [1.82, 2.24) is 4.90 Å². The molecule has 0 aromatic heterocycles. The summed E-state index contributed by atoms with van der Waals surface area (Å²) >= 11 is 5.87. The van der Waals surface area contributed by atoms with Crippen LogP contribution in [0.15, 0.2) is 48.5 Å². The number of nitrogens with zero attached hydrogens (tertiary/aromatic N) is 1. The predicted octanol–water partition coefficient (Wildman–Crippen LogP) is 5.25. The molecule has 0 aliphatic rings. The maximum atomic E-state index is 11.9. The molecule has 0 saturated heterocycles. The Morgan fingerprint density at radius 3 is 2.12 bits per heavy atom. The van der Waals surface area contributed by atoms with Crippen LogP contribution in [0.2, 0.25) is 5.02 Å². The highest BCUT2D eigenvalue weighted by molar-refractivity contribution is 6.30. The van der Waals surface area contributed by atoms with E-state index < -0.39 is 0 Å². The number of rotatable bonds is 10. The molecule has 2 aromatic carbocycles. The highest BCUT2D eigenvalue weighted by Gasteiger charge is 2.05. The summed E-state index contributed by atoms with van der Waals surface area (Å²) in [6.45, 7) is 7.73. The third-order valence-electron chi connectivity index (χ3n) is 4.48. The Kier molecular flexibility index (Phi) is 8.66. The molecule has 0 heterocycles. The number of esters is 1. The first-order valence-corrected chi connectivity index (χ1v) is 9.68. The topological polar surface area (TPSA) is 29.5 Å². The maximum Gasteiger partial charge on any atom is 0.306 e. The van der Waals surface area contributed by atoms with E-state index in [1.54, 1.807) is 0 Å². The second-order valence-corrected chi connectivity index (χ2v) is 6.86. The van der Waals surface area contributed by atoms with Gasteiger partial charge in [0.1, 0.15) is 6.61 Å². The molecule has 0 spiro atoms. The molecule has 3 nitrogen and oxygen atoms in total. The molecule has 0 aliphatic carbocycles. The van der Waals surface area contributed by atoms with Gasteiger partial charge in [0.05, 0.1) is 0 Å². The minimum absolute atomic E-state index is 0.147. The molecule has 0 atom stereocenters. The second kappa shape index (κ2) is 11.0. The Labute approximate surface area is 161 Å².